The smallest absolute Gasteiger partial charge is 0.208 e. The molecule has 3 fully saturated rings. The molecule has 3 heterocycles. The summed E-state index contributed by atoms with van der Waals surface area (Å²) in [6, 6.07) is 8.00. The molecule has 1 unspecified atom stereocenters. The second-order valence-electron chi connectivity index (χ2n) is 8.48. The van der Waals surface area contributed by atoms with E-state index in [-0.39, 0.29) is 0 Å². The van der Waals surface area contributed by atoms with Crippen LogP contribution in [0.15, 0.2) is 24.4 Å². The molecule has 1 N–H and O–H groups in total. The van der Waals surface area contributed by atoms with Crippen molar-refractivity contribution >= 4 is 35.6 Å². The van der Waals surface area contributed by atoms with Crippen molar-refractivity contribution in [3.05, 3.63) is 35.2 Å². The Balaban J connectivity index is 0.000000245. The molecule has 164 valence electrons. The summed E-state index contributed by atoms with van der Waals surface area (Å²) in [5.74, 6) is 3.51. The summed E-state index contributed by atoms with van der Waals surface area (Å²) >= 11 is 8.21. The third-order valence-corrected chi connectivity index (χ3v) is 7.53. The molecular weight excluding hydrogens is 432 g/mol. The SMILES string of the molecule is Cc1cc(N2CCC(SCC3CC3)C2)n(-c2ccnc(Cl)c2)n1.N#CC1(NC=O)CC1. The molecule has 5 rings (SSSR count). The molecule has 1 saturated heterocycles. The maximum atomic E-state index is 9.76. The summed E-state index contributed by atoms with van der Waals surface area (Å²) in [6.07, 6.45) is 8.08. The Morgan fingerprint density at radius 2 is 2.19 bits per heavy atom. The highest BCUT2D eigenvalue weighted by atomic mass is 35.5. The fourth-order valence-corrected chi connectivity index (χ4v) is 5.18. The lowest BCUT2D eigenvalue weighted by Crippen LogP contribution is -2.27. The molecule has 2 aliphatic carbocycles. The van der Waals surface area contributed by atoms with Crippen molar-refractivity contribution in [2.24, 2.45) is 5.92 Å². The number of nitriles is 1. The van der Waals surface area contributed by atoms with Crippen LogP contribution >= 0.6 is 23.4 Å². The average molecular weight is 459 g/mol. The largest absolute Gasteiger partial charge is 0.355 e. The molecule has 3 aliphatic rings. The Hall–Kier alpha value is -2.24. The average Bonchev–Trinajstić information content (AvgIpc) is 3.66. The molecule has 2 saturated carbocycles. The van der Waals surface area contributed by atoms with Gasteiger partial charge in [-0.05, 0) is 56.8 Å². The Morgan fingerprint density at radius 3 is 2.81 bits per heavy atom. The maximum Gasteiger partial charge on any atom is 0.208 e. The quantitative estimate of drug-likeness (QED) is 0.502. The lowest BCUT2D eigenvalue weighted by Gasteiger charge is -2.19. The molecule has 7 nitrogen and oxygen atoms in total. The number of anilines is 1. The number of carbonyl (C=O) groups excluding carboxylic acids is 1. The van der Waals surface area contributed by atoms with Gasteiger partial charge in [0.05, 0.1) is 17.5 Å². The lowest BCUT2D eigenvalue weighted by molar-refractivity contribution is -0.110. The first-order valence-electron chi connectivity index (χ1n) is 10.7. The Kier molecular flexibility index (Phi) is 6.73. The number of amides is 1. The lowest BCUT2D eigenvalue weighted by atomic mass is 10.3. The van der Waals surface area contributed by atoms with Crippen LogP contribution in [0.25, 0.3) is 5.69 Å². The first-order chi connectivity index (χ1) is 15.0. The van der Waals surface area contributed by atoms with Gasteiger partial charge in [0.1, 0.15) is 16.5 Å². The highest BCUT2D eigenvalue weighted by Crippen LogP contribution is 2.36. The van der Waals surface area contributed by atoms with E-state index >= 15 is 0 Å². The monoisotopic (exact) mass is 458 g/mol. The molecule has 1 amide bonds. The zero-order valence-electron chi connectivity index (χ0n) is 17.6. The van der Waals surface area contributed by atoms with E-state index in [1.807, 2.05) is 29.8 Å². The topological polar surface area (TPSA) is 86.8 Å². The number of nitrogens with zero attached hydrogens (tertiary/aromatic N) is 5. The molecule has 0 aromatic carbocycles. The van der Waals surface area contributed by atoms with Crippen molar-refractivity contribution in [2.45, 2.75) is 49.8 Å². The van der Waals surface area contributed by atoms with Crippen molar-refractivity contribution in [2.75, 3.05) is 23.7 Å². The van der Waals surface area contributed by atoms with Gasteiger partial charge in [0.15, 0.2) is 0 Å². The Labute approximate surface area is 192 Å². The number of nitrogens with one attached hydrogen (secondary N) is 1. The zero-order valence-corrected chi connectivity index (χ0v) is 19.2. The van der Waals surface area contributed by atoms with Crippen LogP contribution in [-0.4, -0.2) is 50.8 Å². The minimum atomic E-state index is -0.470. The van der Waals surface area contributed by atoms with Crippen LogP contribution in [-0.2, 0) is 4.79 Å². The molecule has 2 aromatic heterocycles. The molecule has 0 spiro atoms. The first-order valence-corrected chi connectivity index (χ1v) is 12.1. The summed E-state index contributed by atoms with van der Waals surface area (Å²) in [5, 5.41) is 16.7. The standard InChI is InChI=1S/C17H21ClN4S.C5H6N2O/c1-12-8-17(22(20-12)14-4-6-19-16(18)9-14)21-7-5-15(10-21)23-11-13-2-3-13;6-3-5(1-2-5)7-4-8/h4,6,8-9,13,15H,2-3,5,7,10-11H2,1H3;4H,1-2H2,(H,7,8). The fourth-order valence-electron chi connectivity index (χ4n) is 3.58. The van der Waals surface area contributed by atoms with E-state index in [0.29, 0.717) is 11.6 Å². The van der Waals surface area contributed by atoms with Crippen LogP contribution in [0.1, 0.15) is 37.8 Å². The van der Waals surface area contributed by atoms with Crippen LogP contribution < -0.4 is 10.2 Å². The third-order valence-electron chi connectivity index (χ3n) is 5.80. The third kappa shape index (κ3) is 5.72. The molecule has 9 heteroatoms. The number of hydrogen-bond acceptors (Lipinski definition) is 6. The molecule has 1 atom stereocenters. The molecule has 0 bridgehead atoms. The van der Waals surface area contributed by atoms with Gasteiger partial charge in [0.2, 0.25) is 6.41 Å². The van der Waals surface area contributed by atoms with E-state index in [4.69, 9.17) is 16.9 Å². The summed E-state index contributed by atoms with van der Waals surface area (Å²) in [7, 11) is 0. The van der Waals surface area contributed by atoms with Gasteiger partial charge in [-0.2, -0.15) is 22.1 Å². The maximum absolute atomic E-state index is 9.76. The Morgan fingerprint density at radius 1 is 1.39 bits per heavy atom. The van der Waals surface area contributed by atoms with Crippen LogP contribution in [0.5, 0.6) is 0 Å². The van der Waals surface area contributed by atoms with E-state index in [2.05, 4.69) is 38.1 Å². The van der Waals surface area contributed by atoms with Gasteiger partial charge in [0, 0.05) is 36.7 Å². The van der Waals surface area contributed by atoms with Crippen molar-refractivity contribution in [3.8, 4) is 11.8 Å². The van der Waals surface area contributed by atoms with E-state index in [1.165, 1.54) is 30.8 Å². The minimum Gasteiger partial charge on any atom is -0.355 e. The number of pyridine rings is 1. The number of thioether (sulfide) groups is 1. The van der Waals surface area contributed by atoms with Gasteiger partial charge in [-0.25, -0.2) is 9.67 Å². The molecule has 0 radical (unpaired) electrons. The highest BCUT2D eigenvalue weighted by molar-refractivity contribution is 7.99. The summed E-state index contributed by atoms with van der Waals surface area (Å²) in [4.78, 5) is 16.3. The van der Waals surface area contributed by atoms with Gasteiger partial charge in [0.25, 0.3) is 0 Å². The van der Waals surface area contributed by atoms with Crippen LogP contribution in [0.2, 0.25) is 5.15 Å². The predicted molar refractivity (Wildman–Crippen MR) is 124 cm³/mol. The summed E-state index contributed by atoms with van der Waals surface area (Å²) < 4.78 is 2.00. The summed E-state index contributed by atoms with van der Waals surface area (Å²) in [5.41, 5.74) is 1.53. The second kappa shape index (κ2) is 9.49. The van der Waals surface area contributed by atoms with Gasteiger partial charge in [-0.1, -0.05) is 11.6 Å². The Bertz CT molecular complexity index is 965. The normalized spacial score (nSPS) is 21.1. The number of carbonyl (C=O) groups is 1. The molecule has 31 heavy (non-hydrogen) atoms. The number of aromatic nitrogens is 3. The van der Waals surface area contributed by atoms with E-state index in [0.717, 1.165) is 48.5 Å². The zero-order chi connectivity index (χ0) is 21.8. The van der Waals surface area contributed by atoms with Gasteiger partial charge in [-0.3, -0.25) is 4.79 Å². The van der Waals surface area contributed by atoms with Gasteiger partial charge < -0.3 is 10.2 Å². The van der Waals surface area contributed by atoms with Crippen molar-refractivity contribution in [1.82, 2.24) is 20.1 Å². The number of hydrogen-bond donors (Lipinski definition) is 1. The minimum absolute atomic E-state index is 0.470. The molecular formula is C22H27ClN6OS. The first kappa shape index (κ1) is 22.0. The van der Waals surface area contributed by atoms with Crippen LogP contribution in [0.4, 0.5) is 5.82 Å². The highest BCUT2D eigenvalue weighted by Gasteiger charge is 2.42. The van der Waals surface area contributed by atoms with Crippen LogP contribution in [0, 0.1) is 24.2 Å². The van der Waals surface area contributed by atoms with Crippen molar-refractivity contribution in [1.29, 1.82) is 5.26 Å². The van der Waals surface area contributed by atoms with Gasteiger partial charge >= 0.3 is 0 Å². The molecule has 2 aromatic rings. The fraction of sp³-hybridized carbons (Fsp3) is 0.545. The van der Waals surface area contributed by atoms with E-state index in [1.54, 1.807) is 6.20 Å². The number of rotatable bonds is 7. The number of halogens is 1. The van der Waals surface area contributed by atoms with Crippen molar-refractivity contribution in [3.63, 3.8) is 0 Å². The predicted octanol–water partition coefficient (Wildman–Crippen LogP) is 3.74. The molecule has 1 aliphatic heterocycles. The van der Waals surface area contributed by atoms with Crippen LogP contribution in [0.3, 0.4) is 0 Å². The number of aryl methyl sites for hydroxylation is 1. The van der Waals surface area contributed by atoms with Crippen molar-refractivity contribution < 1.29 is 4.79 Å². The summed E-state index contributed by atoms with van der Waals surface area (Å²) in [6.45, 7) is 4.26. The second-order valence-corrected chi connectivity index (χ2v) is 10.2. The van der Waals surface area contributed by atoms with E-state index in [9.17, 15) is 4.79 Å². The van der Waals surface area contributed by atoms with E-state index < -0.39 is 5.54 Å². The van der Waals surface area contributed by atoms with Gasteiger partial charge in [-0.15, -0.1) is 0 Å².